The smallest absolute Gasteiger partial charge is 0.109 e. The van der Waals surface area contributed by atoms with Gasteiger partial charge >= 0.3 is 0 Å². The van der Waals surface area contributed by atoms with E-state index in [1.165, 1.54) is 23.3 Å². The third kappa shape index (κ3) is 1.84. The maximum atomic E-state index is 5.53. The summed E-state index contributed by atoms with van der Waals surface area (Å²) < 4.78 is 7.86. The Labute approximate surface area is 101 Å². The van der Waals surface area contributed by atoms with Gasteiger partial charge in [-0.25, -0.2) is 4.98 Å². The molecule has 1 unspecified atom stereocenters. The van der Waals surface area contributed by atoms with Gasteiger partial charge < -0.3 is 9.30 Å². The molecule has 1 saturated heterocycles. The normalized spacial score (nSPS) is 19.5. The summed E-state index contributed by atoms with van der Waals surface area (Å²) in [6, 6.07) is 6.46. The van der Waals surface area contributed by atoms with E-state index in [-0.39, 0.29) is 0 Å². The number of ether oxygens (including phenoxy) is 1. The Morgan fingerprint density at radius 1 is 1.47 bits per heavy atom. The molecule has 1 aromatic heterocycles. The molecule has 1 atom stereocenters. The van der Waals surface area contributed by atoms with Crippen molar-refractivity contribution in [3.63, 3.8) is 0 Å². The van der Waals surface area contributed by atoms with Crippen LogP contribution in [0.5, 0.6) is 0 Å². The van der Waals surface area contributed by atoms with Gasteiger partial charge in [-0.1, -0.05) is 13.0 Å². The number of aryl methyl sites for hydroxylation is 2. The van der Waals surface area contributed by atoms with Crippen LogP contribution in [0.15, 0.2) is 18.2 Å². The Hall–Kier alpha value is -1.35. The predicted octanol–water partition coefficient (Wildman–Crippen LogP) is 2.70. The summed E-state index contributed by atoms with van der Waals surface area (Å²) in [5.74, 6) is 1.17. The first-order chi connectivity index (χ1) is 8.28. The highest BCUT2D eigenvalue weighted by Gasteiger charge is 2.21. The second-order valence-electron chi connectivity index (χ2n) is 4.77. The molecule has 17 heavy (non-hydrogen) atoms. The van der Waals surface area contributed by atoms with E-state index in [1.54, 1.807) is 0 Å². The Morgan fingerprint density at radius 2 is 2.29 bits per heavy atom. The zero-order chi connectivity index (χ0) is 11.8. The Kier molecular flexibility index (Phi) is 2.63. The fourth-order valence-corrected chi connectivity index (χ4v) is 2.39. The quantitative estimate of drug-likeness (QED) is 0.810. The third-order valence-corrected chi connectivity index (χ3v) is 3.48. The largest absolute Gasteiger partial charge is 0.376 e. The van der Waals surface area contributed by atoms with Crippen LogP contribution in [0.2, 0.25) is 0 Å². The van der Waals surface area contributed by atoms with Crippen LogP contribution in [0.3, 0.4) is 0 Å². The summed E-state index contributed by atoms with van der Waals surface area (Å²) in [6.45, 7) is 6.15. The number of imidazole rings is 1. The van der Waals surface area contributed by atoms with Crippen molar-refractivity contribution in [3.8, 4) is 0 Å². The lowest BCUT2D eigenvalue weighted by Crippen LogP contribution is -2.31. The number of aromatic nitrogens is 2. The third-order valence-electron chi connectivity index (χ3n) is 3.48. The number of nitrogens with zero attached hydrogens (tertiary/aromatic N) is 2. The molecule has 1 aliphatic heterocycles. The van der Waals surface area contributed by atoms with Gasteiger partial charge in [0.2, 0.25) is 0 Å². The maximum absolute atomic E-state index is 5.53. The van der Waals surface area contributed by atoms with E-state index in [0.717, 1.165) is 25.1 Å². The molecular formula is C14H18N2O. The van der Waals surface area contributed by atoms with E-state index < -0.39 is 0 Å². The topological polar surface area (TPSA) is 27.1 Å². The molecule has 0 N–H and O–H groups in total. The lowest BCUT2D eigenvalue weighted by atomic mass is 10.1. The van der Waals surface area contributed by atoms with Crippen molar-refractivity contribution in [2.75, 3.05) is 6.61 Å². The second-order valence-corrected chi connectivity index (χ2v) is 4.77. The van der Waals surface area contributed by atoms with Crippen molar-refractivity contribution in [3.05, 3.63) is 29.6 Å². The van der Waals surface area contributed by atoms with Crippen LogP contribution < -0.4 is 0 Å². The molecule has 3 heteroatoms. The molecule has 0 saturated carbocycles. The summed E-state index contributed by atoms with van der Waals surface area (Å²) in [5.41, 5.74) is 3.64. The summed E-state index contributed by atoms with van der Waals surface area (Å²) in [7, 11) is 0. The highest BCUT2D eigenvalue weighted by Crippen LogP contribution is 2.22. The van der Waals surface area contributed by atoms with Crippen LogP contribution in [0, 0.1) is 6.92 Å². The van der Waals surface area contributed by atoms with E-state index in [4.69, 9.17) is 9.72 Å². The summed E-state index contributed by atoms with van der Waals surface area (Å²) in [4.78, 5) is 4.69. The predicted molar refractivity (Wildman–Crippen MR) is 68.2 cm³/mol. The van der Waals surface area contributed by atoms with Crippen molar-refractivity contribution < 1.29 is 4.74 Å². The van der Waals surface area contributed by atoms with Gasteiger partial charge in [0.25, 0.3) is 0 Å². The molecule has 0 spiro atoms. The summed E-state index contributed by atoms with van der Waals surface area (Å²) in [5, 5.41) is 0. The van der Waals surface area contributed by atoms with Gasteiger partial charge in [-0.2, -0.15) is 0 Å². The van der Waals surface area contributed by atoms with Gasteiger partial charge in [0.1, 0.15) is 5.82 Å². The van der Waals surface area contributed by atoms with Gasteiger partial charge in [-0.15, -0.1) is 0 Å². The van der Waals surface area contributed by atoms with Crippen LogP contribution in [0.1, 0.15) is 24.7 Å². The Morgan fingerprint density at radius 3 is 2.94 bits per heavy atom. The van der Waals surface area contributed by atoms with Gasteiger partial charge in [-0.05, 0) is 31.0 Å². The van der Waals surface area contributed by atoms with Crippen molar-refractivity contribution in [2.45, 2.75) is 39.3 Å². The van der Waals surface area contributed by atoms with E-state index in [0.29, 0.717) is 6.10 Å². The first kappa shape index (κ1) is 10.8. The molecule has 1 fully saturated rings. The molecule has 2 aromatic rings. The molecule has 0 amide bonds. The number of benzene rings is 1. The minimum Gasteiger partial charge on any atom is -0.376 e. The van der Waals surface area contributed by atoms with Crippen molar-refractivity contribution in [2.24, 2.45) is 0 Å². The average Bonchev–Trinajstić information content (AvgIpc) is 2.61. The molecule has 90 valence electrons. The first-order valence-corrected chi connectivity index (χ1v) is 6.35. The van der Waals surface area contributed by atoms with Gasteiger partial charge in [0, 0.05) is 13.0 Å². The Bertz CT molecular complexity index is 540. The highest BCUT2D eigenvalue weighted by molar-refractivity contribution is 5.76. The zero-order valence-electron chi connectivity index (χ0n) is 10.4. The molecular weight excluding hydrogens is 212 g/mol. The minimum absolute atomic E-state index is 0.387. The average molecular weight is 230 g/mol. The zero-order valence-corrected chi connectivity index (χ0v) is 10.4. The number of hydrogen-bond acceptors (Lipinski definition) is 2. The van der Waals surface area contributed by atoms with Crippen LogP contribution in [0.25, 0.3) is 11.0 Å². The minimum atomic E-state index is 0.387. The Balaban J connectivity index is 2.07. The van der Waals surface area contributed by atoms with Gasteiger partial charge in [0.15, 0.2) is 0 Å². The van der Waals surface area contributed by atoms with Crippen LogP contribution in [-0.4, -0.2) is 22.3 Å². The summed E-state index contributed by atoms with van der Waals surface area (Å²) in [6.07, 6.45) is 2.54. The maximum Gasteiger partial charge on any atom is 0.109 e. The van der Waals surface area contributed by atoms with E-state index >= 15 is 0 Å². The van der Waals surface area contributed by atoms with Crippen molar-refractivity contribution in [1.29, 1.82) is 0 Å². The number of fused-ring (bicyclic) bond motifs is 1. The fraction of sp³-hybridized carbons (Fsp3) is 0.500. The monoisotopic (exact) mass is 230 g/mol. The van der Waals surface area contributed by atoms with Gasteiger partial charge in [-0.3, -0.25) is 0 Å². The molecule has 3 nitrogen and oxygen atoms in total. The SMILES string of the molecule is CCc1nc2ccc(C)cc2n1CC1CCO1. The van der Waals surface area contributed by atoms with Crippen LogP contribution >= 0.6 is 0 Å². The van der Waals surface area contributed by atoms with Crippen molar-refractivity contribution >= 4 is 11.0 Å². The standard InChI is InChI=1S/C14H18N2O/c1-3-14-15-12-5-4-10(2)8-13(12)16(14)9-11-6-7-17-11/h4-5,8,11H,3,6-7,9H2,1-2H3. The van der Waals surface area contributed by atoms with Crippen LogP contribution in [-0.2, 0) is 17.7 Å². The molecule has 0 radical (unpaired) electrons. The number of hydrogen-bond donors (Lipinski definition) is 0. The van der Waals surface area contributed by atoms with E-state index in [9.17, 15) is 0 Å². The molecule has 1 aromatic carbocycles. The molecule has 0 bridgehead atoms. The molecule has 2 heterocycles. The molecule has 3 rings (SSSR count). The van der Waals surface area contributed by atoms with Gasteiger partial charge in [0.05, 0.1) is 23.7 Å². The van der Waals surface area contributed by atoms with Crippen molar-refractivity contribution in [1.82, 2.24) is 9.55 Å². The van der Waals surface area contributed by atoms with E-state index in [2.05, 4.69) is 36.6 Å². The molecule has 0 aliphatic carbocycles. The highest BCUT2D eigenvalue weighted by atomic mass is 16.5. The second kappa shape index (κ2) is 4.15. The molecule has 1 aliphatic rings. The van der Waals surface area contributed by atoms with Crippen LogP contribution in [0.4, 0.5) is 0 Å². The fourth-order valence-electron chi connectivity index (χ4n) is 2.39. The summed E-state index contributed by atoms with van der Waals surface area (Å²) >= 11 is 0. The van der Waals surface area contributed by atoms with E-state index in [1.807, 2.05) is 0 Å². The lowest BCUT2D eigenvalue weighted by Gasteiger charge is -2.27. The number of rotatable bonds is 3. The first-order valence-electron chi connectivity index (χ1n) is 6.35. The lowest BCUT2D eigenvalue weighted by molar-refractivity contribution is -0.0589.